The molecule has 0 bridgehead atoms. The van der Waals surface area contributed by atoms with Gasteiger partial charge in [0.05, 0.1) is 6.10 Å². The molecule has 0 radical (unpaired) electrons. The second-order valence-electron chi connectivity index (χ2n) is 5.88. The first-order chi connectivity index (χ1) is 10.3. The number of ether oxygens (including phenoxy) is 1. The fourth-order valence-corrected chi connectivity index (χ4v) is 3.50. The second-order valence-corrected chi connectivity index (χ2v) is 5.88. The number of rotatable bonds is 8. The van der Waals surface area contributed by atoms with Crippen LogP contribution in [0, 0.1) is 0 Å². The first-order valence-electron chi connectivity index (χ1n) is 8.38. The van der Waals surface area contributed by atoms with Gasteiger partial charge in [-0.1, -0.05) is 44.2 Å². The molecule has 1 aliphatic heterocycles. The van der Waals surface area contributed by atoms with Crippen molar-refractivity contribution in [3.63, 3.8) is 0 Å². The van der Waals surface area contributed by atoms with Gasteiger partial charge < -0.3 is 10.1 Å². The average Bonchev–Trinajstić information content (AvgIpc) is 3.04. The zero-order chi connectivity index (χ0) is 15.1. The summed E-state index contributed by atoms with van der Waals surface area (Å²) in [5.41, 5.74) is 1.37. The molecule has 0 spiro atoms. The fourth-order valence-electron chi connectivity index (χ4n) is 3.50. The standard InChI is InChI=1S/C18H30N2O/c1-4-17(18(19-3)15-10-7-6-8-11-15)20(5-2)14-16-12-9-13-21-16/h6-8,10-11,16-19H,4-5,9,12-14H2,1-3H3. The van der Waals surface area contributed by atoms with E-state index in [0.717, 1.165) is 26.1 Å². The Hall–Kier alpha value is -0.900. The minimum absolute atomic E-state index is 0.373. The van der Waals surface area contributed by atoms with Gasteiger partial charge in [-0.25, -0.2) is 0 Å². The van der Waals surface area contributed by atoms with Crippen molar-refractivity contribution in [3.05, 3.63) is 35.9 Å². The van der Waals surface area contributed by atoms with Crippen molar-refractivity contribution in [1.29, 1.82) is 0 Å². The third-order valence-corrected chi connectivity index (χ3v) is 4.61. The van der Waals surface area contributed by atoms with E-state index < -0.39 is 0 Å². The van der Waals surface area contributed by atoms with Gasteiger partial charge >= 0.3 is 0 Å². The molecule has 0 saturated carbocycles. The molecule has 3 heteroatoms. The number of nitrogens with zero attached hydrogens (tertiary/aromatic N) is 1. The number of likely N-dealkylation sites (N-methyl/N-ethyl adjacent to an activating group) is 2. The normalized spacial score (nSPS) is 21.6. The predicted octanol–water partition coefficient (Wildman–Crippen LogP) is 3.23. The van der Waals surface area contributed by atoms with Crippen LogP contribution in [0.4, 0.5) is 0 Å². The Morgan fingerprint density at radius 3 is 2.57 bits per heavy atom. The molecule has 1 heterocycles. The largest absolute Gasteiger partial charge is 0.377 e. The molecule has 1 aliphatic rings. The van der Waals surface area contributed by atoms with Crippen LogP contribution in [-0.4, -0.2) is 43.8 Å². The first kappa shape index (κ1) is 16.5. The van der Waals surface area contributed by atoms with Crippen LogP contribution in [-0.2, 0) is 4.74 Å². The zero-order valence-corrected chi connectivity index (χ0v) is 13.7. The van der Waals surface area contributed by atoms with Gasteiger partial charge in [-0.2, -0.15) is 0 Å². The summed E-state index contributed by atoms with van der Waals surface area (Å²) in [7, 11) is 2.07. The van der Waals surface area contributed by atoms with Crippen LogP contribution in [0.2, 0.25) is 0 Å². The molecule has 1 aromatic rings. The monoisotopic (exact) mass is 290 g/mol. The lowest BCUT2D eigenvalue weighted by Gasteiger charge is -2.37. The Kier molecular flexibility index (Phi) is 6.68. The van der Waals surface area contributed by atoms with Crippen molar-refractivity contribution in [2.45, 2.75) is 51.3 Å². The van der Waals surface area contributed by atoms with Crippen LogP contribution in [0.1, 0.15) is 44.7 Å². The molecular formula is C18H30N2O. The summed E-state index contributed by atoms with van der Waals surface area (Å²) in [4.78, 5) is 2.59. The van der Waals surface area contributed by atoms with Crippen molar-refractivity contribution < 1.29 is 4.74 Å². The summed E-state index contributed by atoms with van der Waals surface area (Å²) in [5.74, 6) is 0. The van der Waals surface area contributed by atoms with E-state index in [0.29, 0.717) is 18.2 Å². The summed E-state index contributed by atoms with van der Waals surface area (Å²) in [6.45, 7) is 7.61. The quantitative estimate of drug-likeness (QED) is 0.795. The lowest BCUT2D eigenvalue weighted by atomic mass is 9.95. The molecule has 1 fully saturated rings. The third-order valence-electron chi connectivity index (χ3n) is 4.61. The molecule has 0 aliphatic carbocycles. The number of nitrogens with one attached hydrogen (secondary N) is 1. The van der Waals surface area contributed by atoms with Gasteiger partial charge in [-0.15, -0.1) is 0 Å². The van der Waals surface area contributed by atoms with Crippen molar-refractivity contribution in [1.82, 2.24) is 10.2 Å². The highest BCUT2D eigenvalue weighted by Crippen LogP contribution is 2.25. The molecule has 1 N–H and O–H groups in total. The molecule has 3 unspecified atom stereocenters. The summed E-state index contributed by atoms with van der Waals surface area (Å²) in [5, 5.41) is 3.53. The predicted molar refractivity (Wildman–Crippen MR) is 88.5 cm³/mol. The Labute approximate surface area is 129 Å². The molecule has 1 aromatic carbocycles. The SMILES string of the molecule is CCC(C(NC)c1ccccc1)N(CC)CC1CCCO1. The van der Waals surface area contributed by atoms with E-state index >= 15 is 0 Å². The molecule has 0 amide bonds. The number of benzene rings is 1. The van der Waals surface area contributed by atoms with Crippen molar-refractivity contribution in [2.75, 3.05) is 26.7 Å². The summed E-state index contributed by atoms with van der Waals surface area (Å²) < 4.78 is 5.84. The highest BCUT2D eigenvalue weighted by atomic mass is 16.5. The molecule has 118 valence electrons. The molecule has 3 atom stereocenters. The van der Waals surface area contributed by atoms with Crippen LogP contribution >= 0.6 is 0 Å². The first-order valence-corrected chi connectivity index (χ1v) is 8.38. The molecule has 1 saturated heterocycles. The topological polar surface area (TPSA) is 24.5 Å². The van der Waals surface area contributed by atoms with Gasteiger partial charge in [-0.3, -0.25) is 4.90 Å². The highest BCUT2D eigenvalue weighted by molar-refractivity contribution is 5.20. The van der Waals surface area contributed by atoms with Gasteiger partial charge in [0.1, 0.15) is 0 Å². The van der Waals surface area contributed by atoms with Crippen molar-refractivity contribution in [2.24, 2.45) is 0 Å². The van der Waals surface area contributed by atoms with E-state index in [1.54, 1.807) is 0 Å². The maximum Gasteiger partial charge on any atom is 0.0702 e. The minimum atomic E-state index is 0.373. The Morgan fingerprint density at radius 1 is 1.29 bits per heavy atom. The number of hydrogen-bond donors (Lipinski definition) is 1. The van der Waals surface area contributed by atoms with Crippen molar-refractivity contribution in [3.8, 4) is 0 Å². The maximum atomic E-state index is 5.84. The lowest BCUT2D eigenvalue weighted by molar-refractivity contribution is 0.0500. The summed E-state index contributed by atoms with van der Waals surface area (Å²) in [6.07, 6.45) is 3.99. The van der Waals surface area contributed by atoms with E-state index in [4.69, 9.17) is 4.74 Å². The number of hydrogen-bond acceptors (Lipinski definition) is 3. The van der Waals surface area contributed by atoms with Gasteiger partial charge in [0.25, 0.3) is 0 Å². The molecule has 0 aromatic heterocycles. The summed E-state index contributed by atoms with van der Waals surface area (Å²) in [6, 6.07) is 11.7. The second kappa shape index (κ2) is 8.52. The minimum Gasteiger partial charge on any atom is -0.377 e. The lowest BCUT2D eigenvalue weighted by Crippen LogP contribution is -2.46. The zero-order valence-electron chi connectivity index (χ0n) is 13.7. The molecular weight excluding hydrogens is 260 g/mol. The van der Waals surface area contributed by atoms with Crippen LogP contribution in [0.5, 0.6) is 0 Å². The molecule has 3 nitrogen and oxygen atoms in total. The van der Waals surface area contributed by atoms with Gasteiger partial charge in [0, 0.05) is 25.2 Å². The molecule has 21 heavy (non-hydrogen) atoms. The van der Waals surface area contributed by atoms with E-state index in [2.05, 4.69) is 61.4 Å². The van der Waals surface area contributed by atoms with Gasteiger partial charge in [-0.05, 0) is 38.4 Å². The van der Waals surface area contributed by atoms with E-state index in [1.165, 1.54) is 18.4 Å². The highest BCUT2D eigenvalue weighted by Gasteiger charge is 2.28. The Morgan fingerprint density at radius 2 is 2.05 bits per heavy atom. The van der Waals surface area contributed by atoms with E-state index in [9.17, 15) is 0 Å². The Balaban J connectivity index is 2.10. The van der Waals surface area contributed by atoms with E-state index in [-0.39, 0.29) is 0 Å². The van der Waals surface area contributed by atoms with Crippen LogP contribution in [0.25, 0.3) is 0 Å². The van der Waals surface area contributed by atoms with Crippen molar-refractivity contribution >= 4 is 0 Å². The van der Waals surface area contributed by atoms with Crippen LogP contribution < -0.4 is 5.32 Å². The van der Waals surface area contributed by atoms with Gasteiger partial charge in [0.2, 0.25) is 0 Å². The Bertz CT molecular complexity index is 389. The van der Waals surface area contributed by atoms with Crippen LogP contribution in [0.3, 0.4) is 0 Å². The smallest absolute Gasteiger partial charge is 0.0702 e. The third kappa shape index (κ3) is 4.29. The summed E-state index contributed by atoms with van der Waals surface area (Å²) >= 11 is 0. The van der Waals surface area contributed by atoms with Crippen LogP contribution in [0.15, 0.2) is 30.3 Å². The van der Waals surface area contributed by atoms with Gasteiger partial charge in [0.15, 0.2) is 0 Å². The fraction of sp³-hybridized carbons (Fsp3) is 0.667. The maximum absolute atomic E-state index is 5.84. The average molecular weight is 290 g/mol. The molecule has 2 rings (SSSR count). The van der Waals surface area contributed by atoms with E-state index in [1.807, 2.05) is 0 Å².